The van der Waals surface area contributed by atoms with Crippen LogP contribution in [0.4, 0.5) is 0 Å². The van der Waals surface area contributed by atoms with Gasteiger partial charge in [0, 0.05) is 18.6 Å². The normalized spacial score (nSPS) is 22.1. The molecule has 0 aromatic heterocycles. The highest BCUT2D eigenvalue weighted by atomic mass is 35.5. The van der Waals surface area contributed by atoms with E-state index in [2.05, 4.69) is 0 Å². The third-order valence-electron chi connectivity index (χ3n) is 1.15. The molecule has 0 radical (unpaired) electrons. The van der Waals surface area contributed by atoms with Crippen molar-refractivity contribution in [1.82, 2.24) is 0 Å². The minimum atomic E-state index is 0. The molecule has 1 heterocycles. The number of hydrogen-bond donors (Lipinski definition) is 0. The van der Waals surface area contributed by atoms with Crippen molar-refractivity contribution < 1.29 is 4.74 Å². The number of hydrogen-bond acceptors (Lipinski definition) is 1. The molecule has 0 unspecified atom stereocenters. The van der Waals surface area contributed by atoms with Crippen LogP contribution in [-0.2, 0) is 4.74 Å². The van der Waals surface area contributed by atoms with Crippen molar-refractivity contribution in [2.24, 2.45) is 0 Å². The molecule has 0 N–H and O–H groups in total. The highest BCUT2D eigenvalue weighted by molar-refractivity contribution is 6.20. The number of rotatable bonds is 0. The van der Waals surface area contributed by atoms with E-state index in [0.717, 1.165) is 26.1 Å². The average Bonchev–Trinajstić information content (AvgIpc) is 1.69. The fraction of sp³-hybridized carbons (Fsp3) is 1.00. The Hall–Kier alpha value is 1.02. The molecule has 0 spiro atoms. The summed E-state index contributed by atoms with van der Waals surface area (Å²) in [6.45, 7) is 1.71. The third kappa shape index (κ3) is 3.12. The van der Waals surface area contributed by atoms with Gasteiger partial charge in [0.15, 0.2) is 0 Å². The van der Waals surface area contributed by atoms with Crippen molar-refractivity contribution in [3.8, 4) is 0 Å². The smallest absolute Gasteiger partial charge is 0.316 e. The van der Waals surface area contributed by atoms with Crippen molar-refractivity contribution >= 4 is 34.7 Å². The molecule has 46 valence electrons. The number of halogens is 1. The maximum absolute atomic E-state index is 5.74. The molecule has 1 nitrogen and oxygen atoms in total. The van der Waals surface area contributed by atoms with E-state index < -0.39 is 0 Å². The first-order valence-corrected chi connectivity index (χ1v) is 3.05. The molecule has 3 heteroatoms. The van der Waals surface area contributed by atoms with Crippen molar-refractivity contribution in [2.75, 3.05) is 13.2 Å². The van der Waals surface area contributed by atoms with Crippen LogP contribution >= 0.6 is 11.6 Å². The van der Waals surface area contributed by atoms with Gasteiger partial charge in [0.2, 0.25) is 0 Å². The zero-order chi connectivity index (χ0) is 5.11. The van der Waals surface area contributed by atoms with Gasteiger partial charge in [0.25, 0.3) is 0 Å². The van der Waals surface area contributed by atoms with E-state index in [0.29, 0.717) is 5.38 Å². The second kappa shape index (κ2) is 4.85. The molecule has 0 aliphatic carbocycles. The monoisotopic (exact) mass is 146 g/mol. The van der Waals surface area contributed by atoms with E-state index in [1.807, 2.05) is 0 Å². The molecular formula is C5H11ClMgO. The Balaban J connectivity index is 0.000000490. The summed E-state index contributed by atoms with van der Waals surface area (Å²) >= 11 is 5.74. The molecule has 0 amide bonds. The lowest BCUT2D eigenvalue weighted by molar-refractivity contribution is 0.0989. The van der Waals surface area contributed by atoms with E-state index in [4.69, 9.17) is 16.3 Å². The van der Waals surface area contributed by atoms with Crippen LogP contribution in [0.25, 0.3) is 0 Å². The molecule has 1 saturated heterocycles. The van der Waals surface area contributed by atoms with Gasteiger partial charge >= 0.3 is 23.1 Å². The van der Waals surface area contributed by atoms with Gasteiger partial charge in [0.1, 0.15) is 0 Å². The van der Waals surface area contributed by atoms with Gasteiger partial charge in [-0.3, -0.25) is 0 Å². The Morgan fingerprint density at radius 3 is 2.00 bits per heavy atom. The summed E-state index contributed by atoms with van der Waals surface area (Å²) in [4.78, 5) is 0. The average molecular weight is 147 g/mol. The lowest BCUT2D eigenvalue weighted by Crippen LogP contribution is -2.14. The molecule has 1 fully saturated rings. The second-order valence-corrected chi connectivity index (χ2v) is 2.40. The quantitative estimate of drug-likeness (QED) is 0.357. The molecular weight excluding hydrogens is 136 g/mol. The molecule has 0 atom stereocenters. The van der Waals surface area contributed by atoms with Gasteiger partial charge in [-0.25, -0.2) is 0 Å². The predicted octanol–water partition coefficient (Wildman–Crippen LogP) is 0.488. The van der Waals surface area contributed by atoms with Gasteiger partial charge in [0.05, 0.1) is 0 Å². The molecule has 0 saturated carbocycles. The van der Waals surface area contributed by atoms with Crippen LogP contribution in [0, 0.1) is 0 Å². The van der Waals surface area contributed by atoms with Gasteiger partial charge in [-0.2, -0.15) is 0 Å². The van der Waals surface area contributed by atoms with Gasteiger partial charge in [-0.15, -0.1) is 11.6 Å². The van der Waals surface area contributed by atoms with E-state index in [1.165, 1.54) is 0 Å². The fourth-order valence-electron chi connectivity index (χ4n) is 0.669. The van der Waals surface area contributed by atoms with Crippen molar-refractivity contribution in [2.45, 2.75) is 18.2 Å². The maximum atomic E-state index is 5.74. The van der Waals surface area contributed by atoms with Crippen LogP contribution in [0.1, 0.15) is 12.8 Å². The predicted molar refractivity (Wildman–Crippen MR) is 38.2 cm³/mol. The van der Waals surface area contributed by atoms with Crippen LogP contribution in [0.5, 0.6) is 0 Å². The Labute approximate surface area is 70.9 Å². The van der Waals surface area contributed by atoms with Crippen LogP contribution in [0.15, 0.2) is 0 Å². The van der Waals surface area contributed by atoms with Gasteiger partial charge in [-0.05, 0) is 12.8 Å². The van der Waals surface area contributed by atoms with Crippen LogP contribution in [-0.4, -0.2) is 41.6 Å². The van der Waals surface area contributed by atoms with Gasteiger partial charge in [-0.1, -0.05) is 0 Å². The highest BCUT2D eigenvalue weighted by Crippen LogP contribution is 2.11. The Morgan fingerprint density at radius 2 is 1.75 bits per heavy atom. The van der Waals surface area contributed by atoms with Crippen molar-refractivity contribution in [1.29, 1.82) is 0 Å². The summed E-state index contributed by atoms with van der Waals surface area (Å²) in [5.41, 5.74) is 0. The Bertz CT molecular complexity index is 54.4. The zero-order valence-electron chi connectivity index (χ0n) is 4.19. The van der Waals surface area contributed by atoms with Crippen LogP contribution < -0.4 is 0 Å². The minimum absolute atomic E-state index is 0. The van der Waals surface area contributed by atoms with Gasteiger partial charge < -0.3 is 4.74 Å². The standard InChI is InChI=1S/C5H9ClO.Mg.2H/c6-5-1-3-7-4-2-5;;;/h5H,1-4H2;;;. The lowest BCUT2D eigenvalue weighted by Gasteiger charge is -2.14. The number of alkyl halides is 1. The van der Waals surface area contributed by atoms with Crippen LogP contribution in [0.3, 0.4) is 0 Å². The largest absolute Gasteiger partial charge is 0.381 e. The number of ether oxygens (including phenoxy) is 1. The molecule has 1 aliphatic heterocycles. The van der Waals surface area contributed by atoms with Crippen molar-refractivity contribution in [3.05, 3.63) is 0 Å². The molecule has 8 heavy (non-hydrogen) atoms. The topological polar surface area (TPSA) is 9.23 Å². The summed E-state index contributed by atoms with van der Waals surface area (Å²) in [5, 5.41) is 0.383. The third-order valence-corrected chi connectivity index (χ3v) is 1.59. The van der Waals surface area contributed by atoms with E-state index in [9.17, 15) is 0 Å². The van der Waals surface area contributed by atoms with Crippen LogP contribution in [0.2, 0.25) is 0 Å². The molecule has 0 aromatic rings. The van der Waals surface area contributed by atoms with E-state index >= 15 is 0 Å². The summed E-state index contributed by atoms with van der Waals surface area (Å²) in [6, 6.07) is 0. The minimum Gasteiger partial charge on any atom is -0.381 e. The highest BCUT2D eigenvalue weighted by Gasteiger charge is 2.08. The molecule has 0 aromatic carbocycles. The second-order valence-electron chi connectivity index (χ2n) is 1.79. The molecule has 0 bridgehead atoms. The first kappa shape index (κ1) is 9.02. The zero-order valence-corrected chi connectivity index (χ0v) is 4.95. The molecule has 1 rings (SSSR count). The molecule has 1 aliphatic rings. The summed E-state index contributed by atoms with van der Waals surface area (Å²) in [5.74, 6) is 0. The first-order chi connectivity index (χ1) is 3.39. The fourth-order valence-corrected chi connectivity index (χ4v) is 0.847. The summed E-state index contributed by atoms with van der Waals surface area (Å²) in [7, 11) is 0. The lowest BCUT2D eigenvalue weighted by atomic mass is 10.2. The summed E-state index contributed by atoms with van der Waals surface area (Å²) < 4.78 is 5.06. The van der Waals surface area contributed by atoms with E-state index in [1.54, 1.807) is 0 Å². The van der Waals surface area contributed by atoms with E-state index in [-0.39, 0.29) is 23.1 Å². The Morgan fingerprint density at radius 1 is 1.25 bits per heavy atom. The maximum Gasteiger partial charge on any atom is 0.316 e. The SMILES string of the molecule is ClC1CCOCC1.[MgH2]. The van der Waals surface area contributed by atoms with Crippen molar-refractivity contribution in [3.63, 3.8) is 0 Å². The Kier molecular flexibility index (Phi) is 5.47. The first-order valence-electron chi connectivity index (χ1n) is 2.61. The summed E-state index contributed by atoms with van der Waals surface area (Å²) in [6.07, 6.45) is 2.06.